The summed E-state index contributed by atoms with van der Waals surface area (Å²) in [4.78, 5) is 22.8. The van der Waals surface area contributed by atoms with Gasteiger partial charge in [0.2, 0.25) is 0 Å². The number of carbonyl (C=O) groups excluding carboxylic acids is 1. The predicted octanol–water partition coefficient (Wildman–Crippen LogP) is 0.944. The molecule has 2 rings (SSSR count). The van der Waals surface area contributed by atoms with E-state index < -0.39 is 0 Å². The highest BCUT2D eigenvalue weighted by molar-refractivity contribution is 5.92. The number of aromatic nitrogens is 2. The summed E-state index contributed by atoms with van der Waals surface area (Å²) in [5, 5.41) is 5.50. The van der Waals surface area contributed by atoms with E-state index in [-0.39, 0.29) is 11.5 Å². The van der Waals surface area contributed by atoms with Crippen molar-refractivity contribution in [3.63, 3.8) is 0 Å². The van der Waals surface area contributed by atoms with Gasteiger partial charge < -0.3 is 5.32 Å². The van der Waals surface area contributed by atoms with E-state index in [2.05, 4.69) is 16.5 Å². The molecule has 0 atom stereocenters. The Hall–Kier alpha value is -1.78. The molecule has 0 saturated heterocycles. The van der Waals surface area contributed by atoms with Crippen LogP contribution in [0.1, 0.15) is 36.2 Å². The van der Waals surface area contributed by atoms with Crippen LogP contribution in [0, 0.1) is 0 Å². The summed E-state index contributed by atoms with van der Waals surface area (Å²) in [6.45, 7) is 0.627. The monoisotopic (exact) mass is 235 g/mol. The van der Waals surface area contributed by atoms with Crippen molar-refractivity contribution in [1.29, 1.82) is 0 Å². The van der Waals surface area contributed by atoms with Crippen LogP contribution in [0.25, 0.3) is 0 Å². The van der Waals surface area contributed by atoms with Crippen molar-refractivity contribution in [3.8, 4) is 0 Å². The Kier molecular flexibility index (Phi) is 3.46. The van der Waals surface area contributed by atoms with E-state index in [0.29, 0.717) is 12.2 Å². The number of allylic oxidation sites excluding steroid dienone is 1. The minimum absolute atomic E-state index is 0.200. The summed E-state index contributed by atoms with van der Waals surface area (Å²) in [6.07, 6.45) is 6.70. The molecular weight excluding hydrogens is 218 g/mol. The molecule has 1 heterocycles. The van der Waals surface area contributed by atoms with Gasteiger partial charge in [-0.25, -0.2) is 0 Å². The zero-order chi connectivity index (χ0) is 12.3. The maximum absolute atomic E-state index is 11.7. The number of H-pyrrole nitrogens is 1. The quantitative estimate of drug-likeness (QED) is 0.763. The number of amides is 1. The first-order valence-corrected chi connectivity index (χ1v) is 5.89. The van der Waals surface area contributed by atoms with Gasteiger partial charge in [0.15, 0.2) is 0 Å². The van der Waals surface area contributed by atoms with Crippen molar-refractivity contribution >= 4 is 5.91 Å². The van der Waals surface area contributed by atoms with Crippen molar-refractivity contribution in [3.05, 3.63) is 33.8 Å². The molecule has 1 aliphatic carbocycles. The third-order valence-corrected chi connectivity index (χ3v) is 3.00. The van der Waals surface area contributed by atoms with Gasteiger partial charge in [-0.05, 0) is 25.7 Å². The topological polar surface area (TPSA) is 66.9 Å². The second-order valence-corrected chi connectivity index (χ2v) is 4.33. The maximum atomic E-state index is 11.7. The number of aromatic amines is 1. The number of rotatable bonds is 4. The largest absolute Gasteiger partial charge is 0.350 e. The molecule has 2 N–H and O–H groups in total. The van der Waals surface area contributed by atoms with Crippen molar-refractivity contribution in [2.75, 3.05) is 6.54 Å². The zero-order valence-electron chi connectivity index (χ0n) is 9.95. The number of aryl methyl sites for hydroxylation is 1. The van der Waals surface area contributed by atoms with Gasteiger partial charge in [-0.15, -0.1) is 0 Å². The first-order chi connectivity index (χ1) is 8.16. The molecule has 0 fully saturated rings. The predicted molar refractivity (Wildman–Crippen MR) is 64.9 cm³/mol. The van der Waals surface area contributed by atoms with Gasteiger partial charge in [-0.3, -0.25) is 19.4 Å². The van der Waals surface area contributed by atoms with Crippen LogP contribution >= 0.6 is 0 Å². The van der Waals surface area contributed by atoms with Gasteiger partial charge in [0.25, 0.3) is 11.5 Å². The summed E-state index contributed by atoms with van der Waals surface area (Å²) < 4.78 is 1.29. The Morgan fingerprint density at radius 2 is 2.41 bits per heavy atom. The summed E-state index contributed by atoms with van der Waals surface area (Å²) >= 11 is 0. The molecule has 5 heteroatoms. The molecule has 0 bridgehead atoms. The smallest absolute Gasteiger partial charge is 0.269 e. The van der Waals surface area contributed by atoms with Crippen molar-refractivity contribution < 1.29 is 4.79 Å². The first kappa shape index (κ1) is 11.7. The molecule has 0 spiro atoms. The van der Waals surface area contributed by atoms with Gasteiger partial charge >= 0.3 is 0 Å². The second kappa shape index (κ2) is 5.03. The third-order valence-electron chi connectivity index (χ3n) is 3.00. The summed E-state index contributed by atoms with van der Waals surface area (Å²) in [5.41, 5.74) is 1.54. The SMILES string of the molecule is Cn1[nH]c(C(=O)NCCC2=CCCC2)cc1=O. The lowest BCUT2D eigenvalue weighted by Crippen LogP contribution is -2.25. The number of nitrogens with one attached hydrogen (secondary N) is 2. The molecule has 1 amide bonds. The number of carbonyl (C=O) groups is 1. The van der Waals surface area contributed by atoms with Crippen molar-refractivity contribution in [2.45, 2.75) is 25.7 Å². The molecule has 1 aromatic rings. The second-order valence-electron chi connectivity index (χ2n) is 4.33. The summed E-state index contributed by atoms with van der Waals surface area (Å²) in [5.74, 6) is -0.221. The summed E-state index contributed by atoms with van der Waals surface area (Å²) in [6, 6.07) is 1.31. The molecule has 0 aromatic carbocycles. The van der Waals surface area contributed by atoms with E-state index in [4.69, 9.17) is 0 Å². The van der Waals surface area contributed by atoms with Gasteiger partial charge in [0.05, 0.1) is 0 Å². The number of hydrogen-bond donors (Lipinski definition) is 2. The van der Waals surface area contributed by atoms with Crippen LogP contribution < -0.4 is 10.9 Å². The first-order valence-electron chi connectivity index (χ1n) is 5.89. The van der Waals surface area contributed by atoms with Crippen LogP contribution in [0.4, 0.5) is 0 Å². The van der Waals surface area contributed by atoms with Crippen LogP contribution in [-0.2, 0) is 7.05 Å². The highest BCUT2D eigenvalue weighted by atomic mass is 16.2. The van der Waals surface area contributed by atoms with Gasteiger partial charge in [-0.1, -0.05) is 11.6 Å². The van der Waals surface area contributed by atoms with Gasteiger partial charge in [0, 0.05) is 19.7 Å². The fraction of sp³-hybridized carbons (Fsp3) is 0.500. The highest BCUT2D eigenvalue weighted by Crippen LogP contribution is 2.19. The van der Waals surface area contributed by atoms with Crippen LogP contribution in [0.15, 0.2) is 22.5 Å². The van der Waals surface area contributed by atoms with Gasteiger partial charge in [0.1, 0.15) is 5.69 Å². The van der Waals surface area contributed by atoms with E-state index in [1.54, 1.807) is 7.05 Å². The Balaban J connectivity index is 1.83. The lowest BCUT2D eigenvalue weighted by atomic mass is 10.2. The van der Waals surface area contributed by atoms with E-state index in [1.165, 1.54) is 22.7 Å². The minimum atomic E-state index is -0.221. The number of nitrogens with zero attached hydrogens (tertiary/aromatic N) is 1. The summed E-state index contributed by atoms with van der Waals surface area (Å²) in [7, 11) is 1.59. The third kappa shape index (κ3) is 2.87. The molecule has 0 aliphatic heterocycles. The molecule has 0 radical (unpaired) electrons. The molecule has 1 aliphatic rings. The minimum Gasteiger partial charge on any atom is -0.350 e. The van der Waals surface area contributed by atoms with E-state index >= 15 is 0 Å². The van der Waals surface area contributed by atoms with Gasteiger partial charge in [-0.2, -0.15) is 0 Å². The highest BCUT2D eigenvalue weighted by Gasteiger charge is 2.10. The standard InChI is InChI=1S/C12H17N3O2/c1-15-11(16)8-10(14-15)12(17)13-7-6-9-4-2-3-5-9/h4,8,14H,2-3,5-7H2,1H3,(H,13,17). The van der Waals surface area contributed by atoms with Crippen LogP contribution in [0.5, 0.6) is 0 Å². The average molecular weight is 235 g/mol. The van der Waals surface area contributed by atoms with E-state index in [0.717, 1.165) is 19.3 Å². The number of hydrogen-bond acceptors (Lipinski definition) is 2. The molecule has 0 unspecified atom stereocenters. The maximum Gasteiger partial charge on any atom is 0.269 e. The molecule has 1 aromatic heterocycles. The molecule has 0 saturated carbocycles. The Labute approximate surface area is 99.5 Å². The molecule has 5 nitrogen and oxygen atoms in total. The Bertz CT molecular complexity index is 496. The van der Waals surface area contributed by atoms with Crippen molar-refractivity contribution in [1.82, 2.24) is 15.1 Å². The zero-order valence-corrected chi connectivity index (χ0v) is 9.95. The molecule has 92 valence electrons. The molecular formula is C12H17N3O2. The Morgan fingerprint density at radius 3 is 3.00 bits per heavy atom. The lowest BCUT2D eigenvalue weighted by molar-refractivity contribution is 0.0948. The normalized spacial score (nSPS) is 14.8. The lowest BCUT2D eigenvalue weighted by Gasteiger charge is -2.04. The van der Waals surface area contributed by atoms with Crippen LogP contribution in [0.3, 0.4) is 0 Å². The fourth-order valence-electron chi connectivity index (χ4n) is 2.00. The van der Waals surface area contributed by atoms with E-state index in [9.17, 15) is 9.59 Å². The molecule has 17 heavy (non-hydrogen) atoms. The fourth-order valence-corrected chi connectivity index (χ4v) is 2.00. The van der Waals surface area contributed by atoms with E-state index in [1.807, 2.05) is 0 Å². The Morgan fingerprint density at radius 1 is 1.59 bits per heavy atom. The average Bonchev–Trinajstić information content (AvgIpc) is 2.90. The van der Waals surface area contributed by atoms with Crippen molar-refractivity contribution in [2.24, 2.45) is 7.05 Å². The van der Waals surface area contributed by atoms with Crippen LogP contribution in [-0.4, -0.2) is 22.2 Å². The van der Waals surface area contributed by atoms with Crippen LogP contribution in [0.2, 0.25) is 0 Å².